The van der Waals surface area contributed by atoms with Gasteiger partial charge in [-0.3, -0.25) is 0 Å². The zero-order valence-electron chi connectivity index (χ0n) is 13.2. The van der Waals surface area contributed by atoms with Crippen molar-refractivity contribution in [2.75, 3.05) is 19.5 Å². The molecule has 0 aliphatic carbocycles. The highest BCUT2D eigenvalue weighted by molar-refractivity contribution is 6.31. The third-order valence-electron chi connectivity index (χ3n) is 3.35. The topological polar surface area (TPSA) is 59.6 Å². The lowest BCUT2D eigenvalue weighted by molar-refractivity contribution is 0.249. The summed E-state index contributed by atoms with van der Waals surface area (Å²) in [4.78, 5) is 12.2. The number of hydrogen-bond donors (Lipinski definition) is 2. The summed E-state index contributed by atoms with van der Waals surface area (Å²) < 4.78 is 10.4. The molecule has 0 saturated heterocycles. The maximum Gasteiger partial charge on any atom is 0.319 e. The molecule has 5 nitrogen and oxygen atoms in total. The highest BCUT2D eigenvalue weighted by Crippen LogP contribution is 2.27. The van der Waals surface area contributed by atoms with E-state index < -0.39 is 0 Å². The molecule has 0 radical (unpaired) electrons. The van der Waals surface area contributed by atoms with Crippen LogP contribution in [0.2, 0.25) is 5.02 Å². The van der Waals surface area contributed by atoms with Gasteiger partial charge in [-0.1, -0.05) is 23.7 Å². The van der Waals surface area contributed by atoms with E-state index in [0.717, 1.165) is 11.3 Å². The number of nitrogens with one attached hydrogen (secondary N) is 2. The number of carbonyl (C=O) groups excluding carboxylic acids is 1. The monoisotopic (exact) mass is 334 g/mol. The quantitative estimate of drug-likeness (QED) is 0.859. The van der Waals surface area contributed by atoms with E-state index in [1.54, 1.807) is 25.3 Å². The summed E-state index contributed by atoms with van der Waals surface area (Å²) in [6, 6.07) is 12.0. The lowest BCUT2D eigenvalue weighted by atomic mass is 10.1. The van der Waals surface area contributed by atoms with Gasteiger partial charge in [0.1, 0.15) is 11.5 Å². The SMILES string of the molecule is COc1cccc([C@@H](C)NC(=O)Nc2cc(Cl)ccc2OC)c1. The summed E-state index contributed by atoms with van der Waals surface area (Å²) >= 11 is 5.95. The van der Waals surface area contributed by atoms with Crippen molar-refractivity contribution in [3.05, 3.63) is 53.1 Å². The van der Waals surface area contributed by atoms with Gasteiger partial charge in [-0.25, -0.2) is 4.79 Å². The van der Waals surface area contributed by atoms with E-state index in [4.69, 9.17) is 21.1 Å². The number of benzene rings is 2. The summed E-state index contributed by atoms with van der Waals surface area (Å²) in [5.41, 5.74) is 1.45. The van der Waals surface area contributed by atoms with Gasteiger partial charge in [0.2, 0.25) is 0 Å². The lowest BCUT2D eigenvalue weighted by Crippen LogP contribution is -2.31. The zero-order valence-corrected chi connectivity index (χ0v) is 14.0. The molecule has 1 atom stereocenters. The van der Waals surface area contributed by atoms with Crippen LogP contribution in [0.5, 0.6) is 11.5 Å². The van der Waals surface area contributed by atoms with Crippen LogP contribution in [0.4, 0.5) is 10.5 Å². The second kappa shape index (κ2) is 7.74. The Morgan fingerprint density at radius 1 is 1.13 bits per heavy atom. The number of ether oxygens (including phenoxy) is 2. The van der Waals surface area contributed by atoms with Crippen molar-refractivity contribution in [2.24, 2.45) is 0 Å². The van der Waals surface area contributed by atoms with Gasteiger partial charge in [0, 0.05) is 5.02 Å². The van der Waals surface area contributed by atoms with Crippen LogP contribution in [0, 0.1) is 0 Å². The molecule has 0 aliphatic heterocycles. The Hall–Kier alpha value is -2.40. The molecule has 2 rings (SSSR count). The first-order valence-corrected chi connectivity index (χ1v) is 7.46. The predicted octanol–water partition coefficient (Wildman–Crippen LogP) is 4.24. The first-order valence-electron chi connectivity index (χ1n) is 7.08. The van der Waals surface area contributed by atoms with E-state index in [9.17, 15) is 4.79 Å². The standard InChI is InChI=1S/C17H19ClN2O3/c1-11(12-5-4-6-14(9-12)22-2)19-17(21)20-15-10-13(18)7-8-16(15)23-3/h4-11H,1-3H3,(H2,19,20,21)/t11-/m1/s1. The van der Waals surface area contributed by atoms with Gasteiger partial charge in [-0.2, -0.15) is 0 Å². The highest BCUT2D eigenvalue weighted by atomic mass is 35.5. The van der Waals surface area contributed by atoms with Crippen LogP contribution in [0.25, 0.3) is 0 Å². The van der Waals surface area contributed by atoms with E-state index in [0.29, 0.717) is 16.5 Å². The van der Waals surface area contributed by atoms with Crippen molar-refractivity contribution in [3.63, 3.8) is 0 Å². The molecule has 0 unspecified atom stereocenters. The first kappa shape index (κ1) is 17.0. The average molecular weight is 335 g/mol. The van der Waals surface area contributed by atoms with Crippen LogP contribution >= 0.6 is 11.6 Å². The Labute approximate surface area is 140 Å². The second-order valence-electron chi connectivity index (χ2n) is 4.94. The maximum absolute atomic E-state index is 12.2. The number of carbonyl (C=O) groups is 1. The zero-order chi connectivity index (χ0) is 16.8. The van der Waals surface area contributed by atoms with Crippen LogP contribution in [-0.4, -0.2) is 20.3 Å². The number of hydrogen-bond acceptors (Lipinski definition) is 3. The normalized spacial score (nSPS) is 11.5. The minimum atomic E-state index is -0.346. The number of amides is 2. The first-order chi connectivity index (χ1) is 11.0. The number of methoxy groups -OCH3 is 2. The number of halogens is 1. The molecule has 2 amide bonds. The average Bonchev–Trinajstić information content (AvgIpc) is 2.55. The smallest absolute Gasteiger partial charge is 0.319 e. The molecule has 0 aromatic heterocycles. The van der Waals surface area contributed by atoms with E-state index in [1.165, 1.54) is 7.11 Å². The molecule has 0 fully saturated rings. The van der Waals surface area contributed by atoms with Crippen molar-refractivity contribution in [1.82, 2.24) is 5.32 Å². The molecule has 0 spiro atoms. The van der Waals surface area contributed by atoms with E-state index in [-0.39, 0.29) is 12.1 Å². The Kier molecular flexibility index (Phi) is 5.71. The number of anilines is 1. The van der Waals surface area contributed by atoms with Crippen LogP contribution in [0.1, 0.15) is 18.5 Å². The van der Waals surface area contributed by atoms with Gasteiger partial charge in [0.15, 0.2) is 0 Å². The summed E-state index contributed by atoms with van der Waals surface area (Å²) in [5, 5.41) is 6.12. The predicted molar refractivity (Wildman–Crippen MR) is 91.6 cm³/mol. The Bertz CT molecular complexity index is 691. The van der Waals surface area contributed by atoms with Crippen LogP contribution in [0.15, 0.2) is 42.5 Å². The summed E-state index contributed by atoms with van der Waals surface area (Å²) in [6.07, 6.45) is 0. The summed E-state index contributed by atoms with van der Waals surface area (Å²) in [7, 11) is 3.14. The minimum absolute atomic E-state index is 0.185. The fourth-order valence-electron chi connectivity index (χ4n) is 2.13. The maximum atomic E-state index is 12.2. The van der Waals surface area contributed by atoms with Crippen LogP contribution in [-0.2, 0) is 0 Å². The van der Waals surface area contributed by atoms with E-state index in [1.807, 2.05) is 31.2 Å². The molecule has 0 saturated carbocycles. The highest BCUT2D eigenvalue weighted by Gasteiger charge is 2.12. The summed E-state index contributed by atoms with van der Waals surface area (Å²) in [6.45, 7) is 1.89. The number of urea groups is 1. The van der Waals surface area contributed by atoms with Gasteiger partial charge in [0.25, 0.3) is 0 Å². The van der Waals surface area contributed by atoms with Gasteiger partial charge < -0.3 is 20.1 Å². The second-order valence-corrected chi connectivity index (χ2v) is 5.38. The van der Waals surface area contributed by atoms with Gasteiger partial charge in [-0.15, -0.1) is 0 Å². The van der Waals surface area contributed by atoms with Gasteiger partial charge in [-0.05, 0) is 42.8 Å². The molecule has 0 heterocycles. The molecule has 6 heteroatoms. The Morgan fingerprint density at radius 3 is 2.61 bits per heavy atom. The van der Waals surface area contributed by atoms with Crippen molar-refractivity contribution < 1.29 is 14.3 Å². The van der Waals surface area contributed by atoms with Crippen LogP contribution in [0.3, 0.4) is 0 Å². The van der Waals surface area contributed by atoms with Crippen molar-refractivity contribution in [2.45, 2.75) is 13.0 Å². The third-order valence-corrected chi connectivity index (χ3v) is 3.59. The molecular formula is C17H19ClN2O3. The molecule has 23 heavy (non-hydrogen) atoms. The Morgan fingerprint density at radius 2 is 1.91 bits per heavy atom. The third kappa shape index (κ3) is 4.53. The van der Waals surface area contributed by atoms with Crippen molar-refractivity contribution >= 4 is 23.3 Å². The fraction of sp³-hybridized carbons (Fsp3) is 0.235. The molecule has 2 N–H and O–H groups in total. The largest absolute Gasteiger partial charge is 0.497 e. The van der Waals surface area contributed by atoms with E-state index in [2.05, 4.69) is 10.6 Å². The van der Waals surface area contributed by atoms with Gasteiger partial charge in [0.05, 0.1) is 25.9 Å². The molecule has 2 aromatic rings. The van der Waals surface area contributed by atoms with E-state index >= 15 is 0 Å². The fourth-order valence-corrected chi connectivity index (χ4v) is 2.30. The lowest BCUT2D eigenvalue weighted by Gasteiger charge is -2.17. The molecular weight excluding hydrogens is 316 g/mol. The minimum Gasteiger partial charge on any atom is -0.497 e. The molecule has 0 bridgehead atoms. The Balaban J connectivity index is 2.05. The van der Waals surface area contributed by atoms with Crippen LogP contribution < -0.4 is 20.1 Å². The van der Waals surface area contributed by atoms with Crippen molar-refractivity contribution in [1.29, 1.82) is 0 Å². The molecule has 0 aliphatic rings. The van der Waals surface area contributed by atoms with Gasteiger partial charge >= 0.3 is 6.03 Å². The molecule has 122 valence electrons. The van der Waals surface area contributed by atoms with Crippen molar-refractivity contribution in [3.8, 4) is 11.5 Å². The number of rotatable bonds is 5. The molecule has 2 aromatic carbocycles. The summed E-state index contributed by atoms with van der Waals surface area (Å²) in [5.74, 6) is 1.28.